The van der Waals surface area contributed by atoms with Crippen molar-refractivity contribution in [2.45, 2.75) is 19.8 Å². The summed E-state index contributed by atoms with van der Waals surface area (Å²) >= 11 is 0. The molecular weight excluding hydrogens is 174 g/mol. The van der Waals surface area contributed by atoms with Crippen molar-refractivity contribution < 1.29 is 0 Å². The summed E-state index contributed by atoms with van der Waals surface area (Å²) in [4.78, 5) is 2.26. The van der Waals surface area contributed by atoms with E-state index in [1.54, 1.807) is 0 Å². The Morgan fingerprint density at radius 3 is 2.50 bits per heavy atom. The Bertz CT molecular complexity index is 319. The lowest BCUT2D eigenvalue weighted by atomic mass is 10.1. The van der Waals surface area contributed by atoms with Crippen molar-refractivity contribution in [1.29, 1.82) is 0 Å². The van der Waals surface area contributed by atoms with Crippen molar-refractivity contribution in [3.05, 3.63) is 30.0 Å². The van der Waals surface area contributed by atoms with Crippen molar-refractivity contribution in [2.24, 2.45) is 0 Å². The fraction of sp³-hybridized carbons (Fsp3) is 0.455. The Morgan fingerprint density at radius 1 is 1.21 bits per heavy atom. The molecule has 2 rings (SSSR count). The number of aryl methyl sites for hydroxylation is 1. The molecule has 0 amide bonds. The fourth-order valence-corrected chi connectivity index (χ4v) is 1.61. The van der Waals surface area contributed by atoms with Crippen LogP contribution in [0.3, 0.4) is 0 Å². The van der Waals surface area contributed by atoms with Crippen molar-refractivity contribution >= 4 is 5.82 Å². The molecular formula is C11H15N3. The molecule has 0 atom stereocenters. The molecule has 0 aromatic carbocycles. The second-order valence-corrected chi connectivity index (χ2v) is 3.77. The molecule has 0 bridgehead atoms. The van der Waals surface area contributed by atoms with Crippen LogP contribution in [0.15, 0.2) is 24.3 Å². The number of nitrogens with zero attached hydrogens (tertiary/aromatic N) is 3. The second kappa shape index (κ2) is 3.78. The van der Waals surface area contributed by atoms with E-state index in [0.717, 1.165) is 37.4 Å². The summed E-state index contributed by atoms with van der Waals surface area (Å²) in [7, 11) is 0. The molecule has 3 heteroatoms. The van der Waals surface area contributed by atoms with E-state index in [0.29, 0.717) is 0 Å². The Kier molecular flexibility index (Phi) is 2.48. The molecule has 1 fully saturated rings. The maximum atomic E-state index is 4.17. The van der Waals surface area contributed by atoms with E-state index in [1.165, 1.54) is 5.57 Å². The van der Waals surface area contributed by atoms with Gasteiger partial charge in [0.15, 0.2) is 5.82 Å². The highest BCUT2D eigenvalue weighted by atomic mass is 15.3. The second-order valence-electron chi connectivity index (χ2n) is 3.77. The summed E-state index contributed by atoms with van der Waals surface area (Å²) in [5.74, 6) is 0.989. The predicted octanol–water partition coefficient (Wildman–Crippen LogP) is 1.94. The standard InChI is InChI=1S/C11H15N3/c1-9-5-7-14(8-6-9)11-4-3-10(2)12-13-11/h3-4H,1,5-8H2,2H3. The third-order valence-electron chi connectivity index (χ3n) is 2.58. The van der Waals surface area contributed by atoms with Gasteiger partial charge in [-0.15, -0.1) is 5.10 Å². The smallest absolute Gasteiger partial charge is 0.151 e. The maximum Gasteiger partial charge on any atom is 0.151 e. The Morgan fingerprint density at radius 2 is 1.93 bits per heavy atom. The maximum absolute atomic E-state index is 4.17. The molecule has 2 heterocycles. The number of rotatable bonds is 1. The van der Waals surface area contributed by atoms with Crippen LogP contribution in [0, 0.1) is 6.92 Å². The van der Waals surface area contributed by atoms with Gasteiger partial charge in [-0.1, -0.05) is 12.2 Å². The van der Waals surface area contributed by atoms with Crippen LogP contribution in [0.1, 0.15) is 18.5 Å². The van der Waals surface area contributed by atoms with Gasteiger partial charge in [-0.05, 0) is 31.9 Å². The van der Waals surface area contributed by atoms with Gasteiger partial charge < -0.3 is 4.90 Å². The molecule has 1 aliphatic heterocycles. The Labute approximate surface area is 84.5 Å². The van der Waals surface area contributed by atoms with Crippen LogP contribution < -0.4 is 4.90 Å². The van der Waals surface area contributed by atoms with Gasteiger partial charge in [0.05, 0.1) is 5.69 Å². The number of hydrogen-bond acceptors (Lipinski definition) is 3. The van der Waals surface area contributed by atoms with E-state index in [1.807, 2.05) is 19.1 Å². The molecule has 0 unspecified atom stereocenters. The van der Waals surface area contributed by atoms with Gasteiger partial charge in [0, 0.05) is 13.1 Å². The highest BCUT2D eigenvalue weighted by Crippen LogP contribution is 2.19. The van der Waals surface area contributed by atoms with Gasteiger partial charge in [-0.2, -0.15) is 5.10 Å². The van der Waals surface area contributed by atoms with E-state index < -0.39 is 0 Å². The van der Waals surface area contributed by atoms with Crippen molar-refractivity contribution in [3.63, 3.8) is 0 Å². The Hall–Kier alpha value is -1.38. The zero-order chi connectivity index (χ0) is 9.97. The van der Waals surface area contributed by atoms with E-state index >= 15 is 0 Å². The van der Waals surface area contributed by atoms with Gasteiger partial charge in [0.2, 0.25) is 0 Å². The molecule has 0 aliphatic carbocycles. The van der Waals surface area contributed by atoms with Gasteiger partial charge >= 0.3 is 0 Å². The highest BCUT2D eigenvalue weighted by Gasteiger charge is 2.13. The minimum atomic E-state index is 0.968. The third kappa shape index (κ3) is 1.92. The number of anilines is 1. The van der Waals surface area contributed by atoms with Crippen LogP contribution in [-0.4, -0.2) is 23.3 Å². The average Bonchev–Trinajstić information content (AvgIpc) is 2.21. The Balaban J connectivity index is 2.08. The first kappa shape index (κ1) is 9.19. The van der Waals surface area contributed by atoms with Gasteiger partial charge in [-0.3, -0.25) is 0 Å². The van der Waals surface area contributed by atoms with Crippen LogP contribution in [-0.2, 0) is 0 Å². The topological polar surface area (TPSA) is 29.0 Å². The SMILES string of the molecule is C=C1CCN(c2ccc(C)nn2)CC1. The van der Waals surface area contributed by atoms with Crippen molar-refractivity contribution in [2.75, 3.05) is 18.0 Å². The highest BCUT2D eigenvalue weighted by molar-refractivity contribution is 5.38. The zero-order valence-corrected chi connectivity index (χ0v) is 8.53. The molecule has 0 N–H and O–H groups in total. The minimum Gasteiger partial charge on any atom is -0.354 e. The molecule has 1 aromatic rings. The number of piperidine rings is 1. The van der Waals surface area contributed by atoms with E-state index in [4.69, 9.17) is 0 Å². The minimum absolute atomic E-state index is 0.968. The van der Waals surface area contributed by atoms with E-state index in [9.17, 15) is 0 Å². The summed E-state index contributed by atoms with van der Waals surface area (Å²) in [6.07, 6.45) is 2.16. The monoisotopic (exact) mass is 189 g/mol. The van der Waals surface area contributed by atoms with Gasteiger partial charge in [0.25, 0.3) is 0 Å². The number of hydrogen-bond donors (Lipinski definition) is 0. The number of aromatic nitrogens is 2. The summed E-state index contributed by atoms with van der Waals surface area (Å²) in [5.41, 5.74) is 2.32. The van der Waals surface area contributed by atoms with Gasteiger partial charge in [-0.25, -0.2) is 0 Å². The third-order valence-corrected chi connectivity index (χ3v) is 2.58. The fourth-order valence-electron chi connectivity index (χ4n) is 1.61. The van der Waals surface area contributed by atoms with Crippen LogP contribution in [0.25, 0.3) is 0 Å². The van der Waals surface area contributed by atoms with Crippen LogP contribution in [0.5, 0.6) is 0 Å². The molecule has 1 aromatic heterocycles. The molecule has 3 nitrogen and oxygen atoms in total. The lowest BCUT2D eigenvalue weighted by Gasteiger charge is -2.28. The predicted molar refractivity (Wildman–Crippen MR) is 57.4 cm³/mol. The van der Waals surface area contributed by atoms with Gasteiger partial charge in [0.1, 0.15) is 0 Å². The first-order valence-electron chi connectivity index (χ1n) is 4.97. The van der Waals surface area contributed by atoms with Crippen LogP contribution in [0.4, 0.5) is 5.82 Å². The first-order valence-corrected chi connectivity index (χ1v) is 4.97. The summed E-state index contributed by atoms with van der Waals surface area (Å²) in [5, 5.41) is 8.23. The molecule has 1 aliphatic rings. The largest absolute Gasteiger partial charge is 0.354 e. The summed E-state index contributed by atoms with van der Waals surface area (Å²) in [6, 6.07) is 4.04. The molecule has 0 radical (unpaired) electrons. The van der Waals surface area contributed by atoms with Crippen molar-refractivity contribution in [1.82, 2.24) is 10.2 Å². The summed E-state index contributed by atoms with van der Waals surface area (Å²) in [6.45, 7) is 8.00. The molecule has 1 saturated heterocycles. The molecule has 14 heavy (non-hydrogen) atoms. The van der Waals surface area contributed by atoms with Crippen LogP contribution in [0.2, 0.25) is 0 Å². The molecule has 74 valence electrons. The molecule has 0 spiro atoms. The zero-order valence-electron chi connectivity index (χ0n) is 8.53. The molecule has 0 saturated carbocycles. The van der Waals surface area contributed by atoms with E-state index in [-0.39, 0.29) is 0 Å². The first-order chi connectivity index (χ1) is 6.75. The summed E-state index contributed by atoms with van der Waals surface area (Å²) < 4.78 is 0. The normalized spacial score (nSPS) is 17.2. The van der Waals surface area contributed by atoms with E-state index in [2.05, 4.69) is 21.7 Å². The van der Waals surface area contributed by atoms with Crippen LogP contribution >= 0.6 is 0 Å². The average molecular weight is 189 g/mol. The lowest BCUT2D eigenvalue weighted by molar-refractivity contribution is 0.673. The lowest BCUT2D eigenvalue weighted by Crippen LogP contribution is -2.31. The quantitative estimate of drug-likeness (QED) is 0.632. The van der Waals surface area contributed by atoms with Crippen molar-refractivity contribution in [3.8, 4) is 0 Å².